The minimum atomic E-state index is 0.657. The quantitative estimate of drug-likeness (QED) is 0.899. The van der Waals surface area contributed by atoms with Crippen LogP contribution in [0.3, 0.4) is 0 Å². The molecule has 4 heteroatoms. The van der Waals surface area contributed by atoms with Crippen LogP contribution in [0.1, 0.15) is 42.9 Å². The molecular formula is C16H18ClN3. The Morgan fingerprint density at radius 1 is 1.25 bits per heavy atom. The highest BCUT2D eigenvalue weighted by atomic mass is 35.5. The maximum absolute atomic E-state index is 6.12. The number of nitrogens with zero attached hydrogens (tertiary/aromatic N) is 2. The zero-order chi connectivity index (χ0) is 13.5. The topological polar surface area (TPSA) is 29.9 Å². The summed E-state index contributed by atoms with van der Waals surface area (Å²) in [6, 6.07) is 7.93. The van der Waals surface area contributed by atoms with Gasteiger partial charge >= 0.3 is 0 Å². The lowest BCUT2D eigenvalue weighted by Crippen LogP contribution is -2.06. The molecule has 0 spiro atoms. The summed E-state index contributed by atoms with van der Waals surface area (Å²) in [6.45, 7) is 1.02. The van der Waals surface area contributed by atoms with Gasteiger partial charge in [0.15, 0.2) is 0 Å². The van der Waals surface area contributed by atoms with Gasteiger partial charge in [0.2, 0.25) is 0 Å². The first-order valence-electron chi connectivity index (χ1n) is 7.44. The van der Waals surface area contributed by atoms with Crippen molar-refractivity contribution < 1.29 is 0 Å². The van der Waals surface area contributed by atoms with E-state index in [1.807, 2.05) is 22.9 Å². The van der Waals surface area contributed by atoms with Gasteiger partial charge in [-0.1, -0.05) is 30.5 Å². The van der Waals surface area contributed by atoms with Crippen molar-refractivity contribution in [2.45, 2.75) is 38.0 Å². The monoisotopic (exact) mass is 287 g/mol. The van der Waals surface area contributed by atoms with E-state index in [-0.39, 0.29) is 0 Å². The normalized spacial score (nSPS) is 18.2. The smallest absolute Gasteiger partial charge is 0.133 e. The minimum Gasteiger partial charge on any atom is -0.369 e. The summed E-state index contributed by atoms with van der Waals surface area (Å²) >= 11 is 6.12. The molecule has 0 atom stereocenters. The van der Waals surface area contributed by atoms with Crippen molar-refractivity contribution in [3.05, 3.63) is 40.5 Å². The Kier molecular flexibility index (Phi) is 2.95. The van der Waals surface area contributed by atoms with Crippen molar-refractivity contribution in [3.63, 3.8) is 0 Å². The van der Waals surface area contributed by atoms with Crippen LogP contribution in [0.25, 0.3) is 5.69 Å². The summed E-state index contributed by atoms with van der Waals surface area (Å²) < 4.78 is 2.04. The van der Waals surface area contributed by atoms with Crippen LogP contribution in [0, 0.1) is 0 Å². The Morgan fingerprint density at radius 2 is 2.10 bits per heavy atom. The first kappa shape index (κ1) is 12.3. The molecule has 1 aromatic carbocycles. The van der Waals surface area contributed by atoms with E-state index in [1.54, 1.807) is 0 Å². The fourth-order valence-electron chi connectivity index (χ4n) is 3.52. The summed E-state index contributed by atoms with van der Waals surface area (Å²) in [5, 5.41) is 9.17. The Hall–Kier alpha value is -1.48. The molecule has 1 aliphatic carbocycles. The van der Waals surface area contributed by atoms with Crippen LogP contribution in [0.4, 0.5) is 5.82 Å². The van der Waals surface area contributed by atoms with Crippen LogP contribution in [0.15, 0.2) is 24.3 Å². The molecule has 20 heavy (non-hydrogen) atoms. The molecule has 2 heterocycles. The molecule has 0 saturated heterocycles. The largest absolute Gasteiger partial charge is 0.369 e. The summed E-state index contributed by atoms with van der Waals surface area (Å²) in [4.78, 5) is 0. The molecule has 0 amide bonds. The van der Waals surface area contributed by atoms with E-state index in [2.05, 4.69) is 11.4 Å². The maximum atomic E-state index is 6.12. The fourth-order valence-corrected chi connectivity index (χ4v) is 3.71. The first-order valence-corrected chi connectivity index (χ1v) is 7.82. The van der Waals surface area contributed by atoms with E-state index in [0.29, 0.717) is 5.92 Å². The van der Waals surface area contributed by atoms with Gasteiger partial charge in [0.05, 0.1) is 11.4 Å². The molecule has 2 aliphatic rings. The highest BCUT2D eigenvalue weighted by molar-refractivity contribution is 6.30. The molecule has 1 aromatic heterocycles. The van der Waals surface area contributed by atoms with E-state index >= 15 is 0 Å². The van der Waals surface area contributed by atoms with Crippen LogP contribution in [0.5, 0.6) is 0 Å². The molecule has 0 bridgehead atoms. The fraction of sp³-hybridized carbons (Fsp3) is 0.438. The Bertz CT molecular complexity index is 641. The lowest BCUT2D eigenvalue weighted by atomic mass is 9.99. The molecule has 4 rings (SSSR count). The molecule has 1 fully saturated rings. The molecule has 1 N–H and O–H groups in total. The van der Waals surface area contributed by atoms with Crippen LogP contribution < -0.4 is 5.32 Å². The molecule has 1 aliphatic heterocycles. The summed E-state index contributed by atoms with van der Waals surface area (Å²) in [5.74, 6) is 1.83. The predicted octanol–water partition coefficient (Wildman–Crippen LogP) is 4.15. The highest BCUT2D eigenvalue weighted by Gasteiger charge is 2.29. The zero-order valence-corrected chi connectivity index (χ0v) is 12.2. The average molecular weight is 288 g/mol. The first-order chi connectivity index (χ1) is 9.83. The Labute approximate surface area is 123 Å². The number of halogens is 1. The Morgan fingerprint density at radius 3 is 2.90 bits per heavy atom. The zero-order valence-electron chi connectivity index (χ0n) is 11.4. The lowest BCUT2D eigenvalue weighted by molar-refractivity contribution is 0.670. The van der Waals surface area contributed by atoms with Gasteiger partial charge in [0.25, 0.3) is 0 Å². The number of anilines is 1. The van der Waals surface area contributed by atoms with E-state index < -0.39 is 0 Å². The van der Waals surface area contributed by atoms with Crippen molar-refractivity contribution in [1.82, 2.24) is 9.78 Å². The second-order valence-corrected chi connectivity index (χ2v) is 6.20. The van der Waals surface area contributed by atoms with E-state index in [4.69, 9.17) is 16.7 Å². The number of nitrogens with one attached hydrogen (secondary N) is 1. The molecule has 2 aromatic rings. The van der Waals surface area contributed by atoms with Gasteiger partial charge in [0, 0.05) is 23.0 Å². The molecule has 3 nitrogen and oxygen atoms in total. The molecule has 0 radical (unpaired) electrons. The van der Waals surface area contributed by atoms with Gasteiger partial charge in [-0.2, -0.15) is 5.10 Å². The number of hydrogen-bond acceptors (Lipinski definition) is 2. The van der Waals surface area contributed by atoms with Gasteiger partial charge < -0.3 is 5.32 Å². The van der Waals surface area contributed by atoms with Gasteiger partial charge in [-0.05, 0) is 37.5 Å². The summed E-state index contributed by atoms with van der Waals surface area (Å²) in [5.41, 5.74) is 3.80. The lowest BCUT2D eigenvalue weighted by Gasteiger charge is -2.08. The number of benzene rings is 1. The number of rotatable bonds is 2. The van der Waals surface area contributed by atoms with Crippen molar-refractivity contribution in [3.8, 4) is 5.69 Å². The highest BCUT2D eigenvalue weighted by Crippen LogP contribution is 2.40. The number of aromatic nitrogens is 2. The van der Waals surface area contributed by atoms with Crippen LogP contribution in [0.2, 0.25) is 5.02 Å². The molecule has 1 saturated carbocycles. The molecule has 104 valence electrons. The van der Waals surface area contributed by atoms with E-state index in [1.165, 1.54) is 42.8 Å². The van der Waals surface area contributed by atoms with E-state index in [0.717, 1.165) is 23.7 Å². The van der Waals surface area contributed by atoms with Crippen molar-refractivity contribution >= 4 is 17.4 Å². The average Bonchev–Trinajstić information content (AvgIpc) is 3.15. The third kappa shape index (κ3) is 1.92. The molecular weight excluding hydrogens is 270 g/mol. The van der Waals surface area contributed by atoms with Crippen molar-refractivity contribution in [1.29, 1.82) is 0 Å². The summed E-state index contributed by atoms with van der Waals surface area (Å²) in [6.07, 6.45) is 6.37. The van der Waals surface area contributed by atoms with Crippen molar-refractivity contribution in [2.75, 3.05) is 11.9 Å². The van der Waals surface area contributed by atoms with Gasteiger partial charge in [0.1, 0.15) is 5.82 Å². The van der Waals surface area contributed by atoms with Crippen LogP contribution >= 0.6 is 11.6 Å². The summed E-state index contributed by atoms with van der Waals surface area (Å²) in [7, 11) is 0. The predicted molar refractivity (Wildman–Crippen MR) is 82.0 cm³/mol. The standard InChI is InChI=1S/C16H18ClN3/c17-12-6-3-7-13(10-12)20-16-14(8-9-18-16)15(19-20)11-4-1-2-5-11/h3,6-7,10-11,18H,1-2,4-5,8-9H2. The van der Waals surface area contributed by atoms with E-state index in [9.17, 15) is 0 Å². The minimum absolute atomic E-state index is 0.657. The second kappa shape index (κ2) is 4.81. The number of fused-ring (bicyclic) bond motifs is 1. The number of hydrogen-bond donors (Lipinski definition) is 1. The van der Waals surface area contributed by atoms with Crippen molar-refractivity contribution in [2.24, 2.45) is 0 Å². The SMILES string of the molecule is Clc1cccc(-n2nc(C3CCCC3)c3c2NCC3)c1. The Balaban J connectivity index is 1.82. The van der Waals surface area contributed by atoms with Gasteiger partial charge in [-0.25, -0.2) is 4.68 Å². The van der Waals surface area contributed by atoms with Crippen LogP contribution in [-0.2, 0) is 6.42 Å². The maximum Gasteiger partial charge on any atom is 0.133 e. The van der Waals surface area contributed by atoms with Crippen LogP contribution in [-0.4, -0.2) is 16.3 Å². The third-order valence-corrected chi connectivity index (χ3v) is 4.71. The third-order valence-electron chi connectivity index (χ3n) is 4.48. The van der Waals surface area contributed by atoms with Gasteiger partial charge in [-0.3, -0.25) is 0 Å². The second-order valence-electron chi connectivity index (χ2n) is 5.76. The molecule has 0 unspecified atom stereocenters. The van der Waals surface area contributed by atoms with Gasteiger partial charge in [-0.15, -0.1) is 0 Å².